The number of benzene rings is 1. The zero-order valence-corrected chi connectivity index (χ0v) is 10.4. The molecule has 0 amide bonds. The normalized spacial score (nSPS) is 10.1. The molecule has 0 saturated carbocycles. The van der Waals surface area contributed by atoms with E-state index in [0.717, 1.165) is 23.3 Å². The Kier molecular flexibility index (Phi) is 3.94. The first-order valence-electron chi connectivity index (χ1n) is 5.24. The molecule has 2 rings (SSSR count). The van der Waals surface area contributed by atoms with Crippen LogP contribution in [0.1, 0.15) is 5.56 Å². The number of hydrogen-bond acceptors (Lipinski definition) is 2. The molecule has 1 aromatic heterocycles. The van der Waals surface area contributed by atoms with E-state index in [4.69, 9.17) is 0 Å². The molecule has 0 saturated heterocycles. The van der Waals surface area contributed by atoms with Crippen LogP contribution in [0.5, 0.6) is 0 Å². The molecule has 82 valence electrons. The third kappa shape index (κ3) is 3.35. The maximum atomic E-state index is 4.16. The van der Waals surface area contributed by atoms with Crippen LogP contribution in [-0.2, 0) is 6.42 Å². The Labute approximate surface area is 104 Å². The highest BCUT2D eigenvalue weighted by Crippen LogP contribution is 2.10. The van der Waals surface area contributed by atoms with Crippen molar-refractivity contribution in [2.75, 3.05) is 11.9 Å². The molecule has 1 N–H and O–H groups in total. The predicted molar refractivity (Wildman–Crippen MR) is 70.6 cm³/mol. The van der Waals surface area contributed by atoms with E-state index in [9.17, 15) is 0 Å². The number of pyridine rings is 1. The monoisotopic (exact) mass is 276 g/mol. The third-order valence-electron chi connectivity index (χ3n) is 2.31. The van der Waals surface area contributed by atoms with Crippen molar-refractivity contribution in [1.29, 1.82) is 0 Å². The second-order valence-corrected chi connectivity index (χ2v) is 4.34. The van der Waals surface area contributed by atoms with Crippen LogP contribution < -0.4 is 5.32 Å². The number of nitrogens with zero attached hydrogens (tertiary/aromatic N) is 1. The first-order valence-corrected chi connectivity index (χ1v) is 6.03. The fraction of sp³-hybridized carbons (Fsp3) is 0.154. The number of hydrogen-bond donors (Lipinski definition) is 1. The van der Waals surface area contributed by atoms with Gasteiger partial charge in [-0.05, 0) is 40.0 Å². The fourth-order valence-corrected chi connectivity index (χ4v) is 1.71. The lowest BCUT2D eigenvalue weighted by Gasteiger charge is -2.05. The molecule has 0 unspecified atom stereocenters. The van der Waals surface area contributed by atoms with Gasteiger partial charge in [0.05, 0.1) is 11.9 Å². The fourth-order valence-electron chi connectivity index (χ4n) is 1.48. The molecule has 0 atom stereocenters. The summed E-state index contributed by atoms with van der Waals surface area (Å²) in [6, 6.07) is 14.4. The molecule has 0 aliphatic rings. The molecule has 1 aromatic carbocycles. The topological polar surface area (TPSA) is 24.9 Å². The smallest absolute Gasteiger partial charge is 0.106 e. The minimum absolute atomic E-state index is 0.862. The molecule has 2 aromatic rings. The van der Waals surface area contributed by atoms with Crippen LogP contribution in [0.25, 0.3) is 0 Å². The summed E-state index contributed by atoms with van der Waals surface area (Å²) < 4.78 is 0.862. The zero-order valence-electron chi connectivity index (χ0n) is 8.86. The second kappa shape index (κ2) is 5.66. The molecular weight excluding hydrogens is 264 g/mol. The quantitative estimate of drug-likeness (QED) is 0.865. The summed E-state index contributed by atoms with van der Waals surface area (Å²) in [6.07, 6.45) is 2.85. The highest BCUT2D eigenvalue weighted by molar-refractivity contribution is 9.10. The van der Waals surface area contributed by atoms with Gasteiger partial charge in [-0.15, -0.1) is 0 Å². The van der Waals surface area contributed by atoms with Gasteiger partial charge < -0.3 is 5.32 Å². The van der Waals surface area contributed by atoms with E-state index in [1.54, 1.807) is 0 Å². The van der Waals surface area contributed by atoms with Crippen molar-refractivity contribution in [3.63, 3.8) is 0 Å². The van der Waals surface area contributed by atoms with Crippen LogP contribution in [0.2, 0.25) is 0 Å². The van der Waals surface area contributed by atoms with Gasteiger partial charge in [0.2, 0.25) is 0 Å². The molecule has 2 nitrogen and oxygen atoms in total. The van der Waals surface area contributed by atoms with Crippen LogP contribution in [-0.4, -0.2) is 11.5 Å². The van der Waals surface area contributed by atoms with Gasteiger partial charge in [0, 0.05) is 6.54 Å². The van der Waals surface area contributed by atoms with Gasteiger partial charge in [0.15, 0.2) is 0 Å². The number of anilines is 1. The number of aromatic nitrogens is 1. The van der Waals surface area contributed by atoms with Crippen molar-refractivity contribution >= 4 is 21.6 Å². The summed E-state index contributed by atoms with van der Waals surface area (Å²) in [4.78, 5) is 4.16. The lowest BCUT2D eigenvalue weighted by molar-refractivity contribution is 1.02. The molecule has 3 heteroatoms. The Morgan fingerprint density at radius 2 is 1.88 bits per heavy atom. The average Bonchev–Trinajstić information content (AvgIpc) is 2.33. The number of nitrogens with one attached hydrogen (secondary N) is 1. The van der Waals surface area contributed by atoms with Gasteiger partial charge in [-0.2, -0.15) is 0 Å². The van der Waals surface area contributed by atoms with Gasteiger partial charge in [-0.25, -0.2) is 4.98 Å². The molecule has 16 heavy (non-hydrogen) atoms. The van der Waals surface area contributed by atoms with E-state index in [2.05, 4.69) is 50.5 Å². The zero-order chi connectivity index (χ0) is 11.2. The van der Waals surface area contributed by atoms with Crippen LogP contribution >= 0.6 is 15.9 Å². The summed E-state index contributed by atoms with van der Waals surface area (Å²) in [5, 5.41) is 3.34. The minimum Gasteiger partial charge on any atom is -0.383 e. The first kappa shape index (κ1) is 11.1. The summed E-state index contributed by atoms with van der Waals surface area (Å²) in [5.74, 6) is 0. The van der Waals surface area contributed by atoms with Crippen LogP contribution in [0.4, 0.5) is 5.69 Å². The summed E-state index contributed by atoms with van der Waals surface area (Å²) in [7, 11) is 0. The maximum absolute atomic E-state index is 4.16. The van der Waals surface area contributed by atoms with Crippen LogP contribution in [0.15, 0.2) is 53.3 Å². The lowest BCUT2D eigenvalue weighted by atomic mass is 10.1. The van der Waals surface area contributed by atoms with Gasteiger partial charge in [0.1, 0.15) is 4.60 Å². The van der Waals surface area contributed by atoms with Crippen molar-refractivity contribution < 1.29 is 0 Å². The number of halogens is 1. The Bertz CT molecular complexity index is 425. The predicted octanol–water partition coefficient (Wildman–Crippen LogP) is 3.50. The van der Waals surface area contributed by atoms with Crippen molar-refractivity contribution in [3.05, 3.63) is 58.8 Å². The first-order chi connectivity index (χ1) is 7.84. The largest absolute Gasteiger partial charge is 0.383 e. The molecule has 0 aliphatic carbocycles. The Morgan fingerprint density at radius 1 is 1.06 bits per heavy atom. The van der Waals surface area contributed by atoms with Crippen molar-refractivity contribution in [1.82, 2.24) is 4.98 Å². The summed E-state index contributed by atoms with van der Waals surface area (Å²) in [5.41, 5.74) is 2.40. The van der Waals surface area contributed by atoms with E-state index >= 15 is 0 Å². The highest BCUT2D eigenvalue weighted by Gasteiger charge is 1.94. The van der Waals surface area contributed by atoms with Crippen molar-refractivity contribution in [2.24, 2.45) is 0 Å². The third-order valence-corrected chi connectivity index (χ3v) is 2.78. The van der Waals surface area contributed by atoms with Crippen molar-refractivity contribution in [3.8, 4) is 0 Å². The summed E-state index contributed by atoms with van der Waals surface area (Å²) >= 11 is 3.31. The SMILES string of the molecule is Brc1ccc(NCCc2ccccc2)cn1. The molecule has 0 aliphatic heterocycles. The van der Waals surface area contributed by atoms with Crippen LogP contribution in [0.3, 0.4) is 0 Å². The van der Waals surface area contributed by atoms with Gasteiger partial charge in [-0.1, -0.05) is 30.3 Å². The Hall–Kier alpha value is -1.35. The molecule has 0 spiro atoms. The number of rotatable bonds is 4. The molecule has 0 bridgehead atoms. The van der Waals surface area contributed by atoms with Crippen LogP contribution in [0, 0.1) is 0 Å². The molecule has 0 fully saturated rings. The van der Waals surface area contributed by atoms with E-state index in [-0.39, 0.29) is 0 Å². The minimum atomic E-state index is 0.862. The Balaban J connectivity index is 1.82. The van der Waals surface area contributed by atoms with E-state index in [1.807, 2.05) is 24.4 Å². The Morgan fingerprint density at radius 3 is 2.56 bits per heavy atom. The molecular formula is C13H13BrN2. The molecule has 0 radical (unpaired) electrons. The van der Waals surface area contributed by atoms with E-state index in [1.165, 1.54) is 5.56 Å². The second-order valence-electron chi connectivity index (χ2n) is 3.53. The standard InChI is InChI=1S/C13H13BrN2/c14-13-7-6-12(10-16-13)15-9-8-11-4-2-1-3-5-11/h1-7,10,15H,8-9H2. The lowest BCUT2D eigenvalue weighted by Crippen LogP contribution is -2.04. The van der Waals surface area contributed by atoms with E-state index < -0.39 is 0 Å². The maximum Gasteiger partial charge on any atom is 0.106 e. The van der Waals surface area contributed by atoms with E-state index in [0.29, 0.717) is 0 Å². The summed E-state index contributed by atoms with van der Waals surface area (Å²) in [6.45, 7) is 0.924. The van der Waals surface area contributed by atoms with Gasteiger partial charge in [-0.3, -0.25) is 0 Å². The van der Waals surface area contributed by atoms with Gasteiger partial charge in [0.25, 0.3) is 0 Å². The highest BCUT2D eigenvalue weighted by atomic mass is 79.9. The van der Waals surface area contributed by atoms with Crippen molar-refractivity contribution in [2.45, 2.75) is 6.42 Å². The average molecular weight is 277 g/mol. The van der Waals surface area contributed by atoms with Gasteiger partial charge >= 0.3 is 0 Å². The molecule has 1 heterocycles.